The lowest BCUT2D eigenvalue weighted by Gasteiger charge is -2.22. The monoisotopic (exact) mass is 649 g/mol. The zero-order valence-electron chi connectivity index (χ0n) is 23.7. The molecule has 4 rings (SSSR count). The molecule has 0 radical (unpaired) electrons. The van der Waals surface area contributed by atoms with E-state index in [0.29, 0.717) is 5.56 Å². The van der Waals surface area contributed by atoms with Gasteiger partial charge < -0.3 is 33.2 Å². The third-order valence-corrected chi connectivity index (χ3v) is 9.10. The van der Waals surface area contributed by atoms with Crippen LogP contribution in [0, 0.1) is 12.8 Å². The van der Waals surface area contributed by atoms with E-state index in [1.165, 1.54) is 36.8 Å². The lowest BCUT2D eigenvalue weighted by Crippen LogP contribution is -2.33. The predicted octanol–water partition coefficient (Wildman–Crippen LogP) is 4.24. The van der Waals surface area contributed by atoms with E-state index in [9.17, 15) is 19.3 Å². The zero-order valence-corrected chi connectivity index (χ0v) is 26.1. The Morgan fingerprint density at radius 3 is 2.60 bits per heavy atom. The Labute approximate surface area is 252 Å². The summed E-state index contributed by atoms with van der Waals surface area (Å²) in [4.78, 5) is 32.3. The second-order valence-electron chi connectivity index (χ2n) is 10.4. The van der Waals surface area contributed by atoms with Crippen molar-refractivity contribution in [3.63, 3.8) is 0 Å². The van der Waals surface area contributed by atoms with Crippen molar-refractivity contribution in [1.29, 1.82) is 0 Å². The normalized spacial score (nSPS) is 27.4. The maximum absolute atomic E-state index is 13.1. The highest BCUT2D eigenvalue weighted by molar-refractivity contribution is 7.52. The highest BCUT2D eigenvalue weighted by Gasteiger charge is 2.40. The van der Waals surface area contributed by atoms with Crippen molar-refractivity contribution in [1.82, 2.24) is 9.55 Å². The number of halogens is 2. The van der Waals surface area contributed by atoms with E-state index in [-0.39, 0.29) is 64.9 Å². The van der Waals surface area contributed by atoms with Gasteiger partial charge in [0.05, 0.1) is 48.8 Å². The van der Waals surface area contributed by atoms with Gasteiger partial charge in [0.1, 0.15) is 12.3 Å². The molecular weight excluding hydrogens is 616 g/mol. The minimum absolute atomic E-state index is 0.0248. The van der Waals surface area contributed by atoms with E-state index in [4.69, 9.17) is 51.3 Å². The highest BCUT2D eigenvalue weighted by atomic mass is 35.5. The Hall–Kier alpha value is -2.38. The lowest BCUT2D eigenvalue weighted by molar-refractivity contribution is -0.0588. The second kappa shape index (κ2) is 13.5. The molecule has 2 fully saturated rings. The van der Waals surface area contributed by atoms with Gasteiger partial charge >= 0.3 is 13.3 Å². The third kappa shape index (κ3) is 7.57. The van der Waals surface area contributed by atoms with Crippen LogP contribution < -0.4 is 16.0 Å². The van der Waals surface area contributed by atoms with E-state index in [2.05, 4.69) is 10.1 Å². The summed E-state index contributed by atoms with van der Waals surface area (Å²) < 4.78 is 42.5. The average Bonchev–Trinajstić information content (AvgIpc) is 3.49. The molecule has 0 bridgehead atoms. The highest BCUT2D eigenvalue weighted by Crippen LogP contribution is 2.46. The van der Waals surface area contributed by atoms with Gasteiger partial charge in [-0.05, 0) is 27.2 Å². The van der Waals surface area contributed by atoms with Gasteiger partial charge in [-0.25, -0.2) is 4.79 Å². The lowest BCUT2D eigenvalue weighted by atomic mass is 10.0. The molecule has 1 aromatic heterocycles. The van der Waals surface area contributed by atoms with Gasteiger partial charge in [0.25, 0.3) is 5.56 Å². The molecule has 3 unspecified atom stereocenters. The molecule has 0 saturated carbocycles. The smallest absolute Gasteiger partial charge is 0.330 e. The molecule has 1 aromatic carbocycles. The summed E-state index contributed by atoms with van der Waals surface area (Å²) in [6, 6.07) is 1.37. The summed E-state index contributed by atoms with van der Waals surface area (Å²) in [5.41, 5.74) is -0.692. The van der Waals surface area contributed by atoms with Crippen molar-refractivity contribution >= 4 is 37.0 Å². The summed E-state index contributed by atoms with van der Waals surface area (Å²) in [6.45, 7) is 6.85. The van der Waals surface area contributed by atoms with Crippen molar-refractivity contribution in [2.75, 3.05) is 27.0 Å². The molecule has 0 aliphatic carbocycles. The fraction of sp³-hybridized carbons (Fsp3) is 0.577. The minimum atomic E-state index is -3.51. The van der Waals surface area contributed by atoms with E-state index < -0.39 is 37.3 Å². The van der Waals surface area contributed by atoms with Gasteiger partial charge in [0, 0.05) is 42.4 Å². The number of aromatic amines is 1. The van der Waals surface area contributed by atoms with Gasteiger partial charge in [0.2, 0.25) is 0 Å². The molecule has 2 aromatic rings. The van der Waals surface area contributed by atoms with Crippen LogP contribution in [0.25, 0.3) is 0 Å². The number of phenolic OH excluding ortho intramolecular Hbond substituents is 1. The Kier molecular flexibility index (Phi) is 10.5. The van der Waals surface area contributed by atoms with E-state index in [1.807, 2.05) is 13.8 Å². The van der Waals surface area contributed by atoms with Gasteiger partial charge in [-0.3, -0.25) is 18.9 Å². The molecule has 2 N–H and O–H groups in total. The Bertz CT molecular complexity index is 1480. The number of aromatic hydroxyl groups is 1. The summed E-state index contributed by atoms with van der Waals surface area (Å²) in [7, 11) is -2.15. The number of nitrogens with zero attached hydrogens (tertiary/aromatic N) is 2. The summed E-state index contributed by atoms with van der Waals surface area (Å²) in [6.07, 6.45) is 1.09. The fourth-order valence-electron chi connectivity index (χ4n) is 4.80. The van der Waals surface area contributed by atoms with Crippen LogP contribution in [-0.2, 0) is 27.9 Å². The van der Waals surface area contributed by atoms with Crippen LogP contribution in [0.1, 0.15) is 44.0 Å². The first-order chi connectivity index (χ1) is 19.8. The largest absolute Gasteiger partial charge is 0.503 e. The summed E-state index contributed by atoms with van der Waals surface area (Å²) >= 11 is 12.5. The first-order valence-corrected chi connectivity index (χ1v) is 16.0. The number of methoxy groups -OCH3 is 1. The van der Waals surface area contributed by atoms with Crippen molar-refractivity contribution in [3.05, 3.63) is 54.3 Å². The van der Waals surface area contributed by atoms with Crippen molar-refractivity contribution in [2.45, 2.75) is 64.3 Å². The molecular formula is C26H34Cl2N3O10P. The standard InChI is InChI=1S/C26H34Cl2N3O10P/c1-13-10-31(26(34)30-25(13)33)22-8-19(41-29-9-17-18(27)7-20(36-4)24(32)23(17)28)21(40-22)12-38-42(5,35)37-11-16-6-14(2)39-15(16)3/h7,9-10,14-16,19,21-22,32H,6,8,11-12H2,1-5H3,(H,30,33,34)/b29-9+/t14?,15?,16-,19+,21+,22+,42?/m0/s1. The molecule has 42 heavy (non-hydrogen) atoms. The number of rotatable bonds is 11. The van der Waals surface area contributed by atoms with Gasteiger partial charge in [0.15, 0.2) is 17.6 Å². The molecule has 3 heterocycles. The molecule has 13 nitrogen and oxygen atoms in total. The van der Waals surface area contributed by atoms with Crippen LogP contribution >= 0.6 is 30.8 Å². The van der Waals surface area contributed by atoms with Gasteiger partial charge in [-0.15, -0.1) is 0 Å². The minimum Gasteiger partial charge on any atom is -0.503 e. The molecule has 7 atom stereocenters. The van der Waals surface area contributed by atoms with E-state index in [1.54, 1.807) is 6.92 Å². The molecule has 2 saturated heterocycles. The second-order valence-corrected chi connectivity index (χ2v) is 13.2. The topological polar surface area (TPSA) is 160 Å². The fourth-order valence-corrected chi connectivity index (χ4v) is 6.29. The van der Waals surface area contributed by atoms with Crippen LogP contribution in [0.2, 0.25) is 10.0 Å². The first-order valence-electron chi connectivity index (χ1n) is 13.2. The quantitative estimate of drug-likeness (QED) is 0.205. The van der Waals surface area contributed by atoms with Crippen molar-refractivity contribution in [2.24, 2.45) is 11.1 Å². The van der Waals surface area contributed by atoms with Crippen LogP contribution in [0.5, 0.6) is 11.5 Å². The van der Waals surface area contributed by atoms with Crippen molar-refractivity contribution < 1.29 is 37.8 Å². The van der Waals surface area contributed by atoms with Crippen molar-refractivity contribution in [3.8, 4) is 11.5 Å². The maximum atomic E-state index is 13.1. The van der Waals surface area contributed by atoms with Gasteiger partial charge in [-0.2, -0.15) is 0 Å². The molecule has 0 amide bonds. The van der Waals surface area contributed by atoms with E-state index >= 15 is 0 Å². The third-order valence-electron chi connectivity index (χ3n) is 7.17. The average molecular weight is 650 g/mol. The number of hydrogen-bond donors (Lipinski definition) is 2. The molecule has 0 spiro atoms. The number of nitrogens with one attached hydrogen (secondary N) is 1. The zero-order chi connectivity index (χ0) is 30.8. The number of ether oxygens (including phenoxy) is 3. The van der Waals surface area contributed by atoms with Crippen LogP contribution in [0.15, 0.2) is 27.0 Å². The number of aromatic nitrogens is 2. The number of hydrogen-bond acceptors (Lipinski definition) is 11. The Morgan fingerprint density at radius 2 is 1.93 bits per heavy atom. The molecule has 2 aliphatic rings. The SMILES string of the molecule is COc1cc(Cl)c(/C=N/O[C@@H]2C[C@H](n3cc(C)c(=O)[nH]c3=O)O[C@@H]2COP(C)(=O)OC[C@@H]2CC(C)OC2C)c(Cl)c1O. The Balaban J connectivity index is 1.49. The Morgan fingerprint density at radius 1 is 1.21 bits per heavy atom. The number of H-pyrrole nitrogens is 1. The number of benzene rings is 1. The first kappa shape index (κ1) is 32.5. The van der Waals surface area contributed by atoms with E-state index in [0.717, 1.165) is 6.42 Å². The van der Waals surface area contributed by atoms with Crippen LogP contribution in [0.3, 0.4) is 0 Å². The molecule has 232 valence electrons. The van der Waals surface area contributed by atoms with Gasteiger partial charge in [-0.1, -0.05) is 28.4 Å². The predicted molar refractivity (Wildman–Crippen MR) is 155 cm³/mol. The number of oxime groups is 1. The number of phenols is 1. The molecule has 2 aliphatic heterocycles. The van der Waals surface area contributed by atoms with Crippen LogP contribution in [-0.4, -0.2) is 72.3 Å². The summed E-state index contributed by atoms with van der Waals surface area (Å²) in [5, 5.41) is 14.3. The molecule has 16 heteroatoms. The maximum Gasteiger partial charge on any atom is 0.330 e. The summed E-state index contributed by atoms with van der Waals surface area (Å²) in [5.74, 6) is -0.148. The van der Waals surface area contributed by atoms with Crippen LogP contribution in [0.4, 0.5) is 0 Å². The number of aryl methyl sites for hydroxylation is 1.